The zero-order valence-corrected chi connectivity index (χ0v) is 13.2. The van der Waals surface area contributed by atoms with Gasteiger partial charge in [0, 0.05) is 10.5 Å². The lowest BCUT2D eigenvalue weighted by Crippen LogP contribution is -2.13. The first-order valence-electron chi connectivity index (χ1n) is 7.30. The summed E-state index contributed by atoms with van der Waals surface area (Å²) < 4.78 is 1.14. The number of rotatable bonds is 5. The molecule has 1 aromatic rings. The summed E-state index contributed by atoms with van der Waals surface area (Å²) in [6.45, 7) is 0. The number of hydrogen-bond donors (Lipinski definition) is 1. The lowest BCUT2D eigenvalue weighted by Gasteiger charge is -2.28. The molecule has 108 valence electrons. The zero-order valence-electron chi connectivity index (χ0n) is 11.6. The van der Waals surface area contributed by atoms with Crippen LogP contribution in [0.5, 0.6) is 0 Å². The van der Waals surface area contributed by atoms with Gasteiger partial charge in [-0.2, -0.15) is 0 Å². The van der Waals surface area contributed by atoms with Crippen LogP contribution < -0.4 is 0 Å². The summed E-state index contributed by atoms with van der Waals surface area (Å²) in [6, 6.07) is 8.70. The Morgan fingerprint density at radius 2 is 1.85 bits per heavy atom. The van der Waals surface area contributed by atoms with Crippen LogP contribution in [0.3, 0.4) is 0 Å². The minimum atomic E-state index is -0.844. The van der Waals surface area contributed by atoms with E-state index in [1.54, 1.807) is 6.08 Å². The molecule has 2 rings (SSSR count). The highest BCUT2D eigenvalue weighted by Crippen LogP contribution is 2.37. The van der Waals surface area contributed by atoms with Gasteiger partial charge in [-0.25, -0.2) is 4.79 Å². The largest absolute Gasteiger partial charge is 0.478 e. The number of carbonyl (C=O) groups is 1. The highest BCUT2D eigenvalue weighted by Gasteiger charge is 2.21. The van der Waals surface area contributed by atoms with E-state index in [1.165, 1.54) is 37.3 Å². The molecule has 1 saturated carbocycles. The quantitative estimate of drug-likeness (QED) is 0.755. The van der Waals surface area contributed by atoms with Crippen LogP contribution in [-0.2, 0) is 4.79 Å². The van der Waals surface area contributed by atoms with Gasteiger partial charge in [-0.3, -0.25) is 0 Å². The van der Waals surface area contributed by atoms with E-state index in [9.17, 15) is 4.79 Å². The van der Waals surface area contributed by atoms with Crippen molar-refractivity contribution in [2.45, 2.75) is 44.4 Å². The molecular weight excluding hydrogens is 316 g/mol. The van der Waals surface area contributed by atoms with Crippen molar-refractivity contribution in [2.75, 3.05) is 0 Å². The molecule has 0 spiro atoms. The van der Waals surface area contributed by atoms with Crippen molar-refractivity contribution in [3.05, 3.63) is 46.5 Å². The number of halogens is 1. The van der Waals surface area contributed by atoms with Crippen LogP contribution >= 0.6 is 15.9 Å². The molecule has 3 heteroatoms. The summed E-state index contributed by atoms with van der Waals surface area (Å²) in [6.07, 6.45) is 10.1. The Morgan fingerprint density at radius 1 is 1.20 bits per heavy atom. The van der Waals surface area contributed by atoms with Gasteiger partial charge in [0.25, 0.3) is 0 Å². The van der Waals surface area contributed by atoms with Gasteiger partial charge in [0.15, 0.2) is 0 Å². The molecule has 0 saturated heterocycles. The van der Waals surface area contributed by atoms with Gasteiger partial charge in [-0.1, -0.05) is 34.1 Å². The normalized spacial score (nSPS) is 23.1. The van der Waals surface area contributed by atoms with Crippen molar-refractivity contribution < 1.29 is 9.90 Å². The molecule has 1 aliphatic rings. The van der Waals surface area contributed by atoms with Crippen LogP contribution in [0.2, 0.25) is 0 Å². The van der Waals surface area contributed by atoms with Gasteiger partial charge in [0.05, 0.1) is 0 Å². The lowest BCUT2D eigenvalue weighted by molar-refractivity contribution is -0.131. The molecule has 1 fully saturated rings. The molecule has 2 nitrogen and oxygen atoms in total. The van der Waals surface area contributed by atoms with Gasteiger partial charge in [0.1, 0.15) is 0 Å². The molecule has 0 unspecified atom stereocenters. The van der Waals surface area contributed by atoms with E-state index < -0.39 is 5.97 Å². The second-order valence-corrected chi connectivity index (χ2v) is 6.50. The Morgan fingerprint density at radius 3 is 2.45 bits per heavy atom. The topological polar surface area (TPSA) is 37.3 Å². The Hall–Kier alpha value is -1.09. The number of carboxylic acid groups (broad SMARTS) is 1. The predicted octanol–water partition coefficient (Wildman–Crippen LogP) is 5.14. The summed E-state index contributed by atoms with van der Waals surface area (Å²) in [5, 5.41) is 8.54. The Bertz CT molecular complexity index is 456. The van der Waals surface area contributed by atoms with Gasteiger partial charge >= 0.3 is 5.97 Å². The SMILES string of the molecule is O=C(O)/C=C/CC[C@H]1CC[C@H](c2ccc(Br)cc2)CC1. The van der Waals surface area contributed by atoms with Gasteiger partial charge < -0.3 is 5.11 Å². The average molecular weight is 337 g/mol. The maximum Gasteiger partial charge on any atom is 0.327 e. The Labute approximate surface area is 129 Å². The maximum absolute atomic E-state index is 10.4. The van der Waals surface area contributed by atoms with Crippen molar-refractivity contribution in [3.63, 3.8) is 0 Å². The molecule has 1 aliphatic carbocycles. The van der Waals surface area contributed by atoms with Crippen molar-refractivity contribution >= 4 is 21.9 Å². The van der Waals surface area contributed by atoms with E-state index in [-0.39, 0.29) is 0 Å². The molecule has 0 amide bonds. The first-order chi connectivity index (χ1) is 9.65. The third kappa shape index (κ3) is 4.78. The van der Waals surface area contributed by atoms with Crippen LogP contribution in [0.25, 0.3) is 0 Å². The lowest BCUT2D eigenvalue weighted by atomic mass is 9.77. The van der Waals surface area contributed by atoms with Gasteiger partial charge in [0.2, 0.25) is 0 Å². The first kappa shape index (κ1) is 15.3. The standard InChI is InChI=1S/C17H21BrO2/c18-16-11-9-15(10-12-16)14-7-5-13(6-8-14)3-1-2-4-17(19)20/h2,4,9-14H,1,3,5-8H2,(H,19,20)/b4-2+/t13-,14-. The fourth-order valence-corrected chi connectivity index (χ4v) is 3.30. The summed E-state index contributed by atoms with van der Waals surface area (Å²) in [5.74, 6) is 0.623. The second kappa shape index (κ2) is 7.63. The van der Waals surface area contributed by atoms with Gasteiger partial charge in [-0.15, -0.1) is 0 Å². The van der Waals surface area contributed by atoms with E-state index >= 15 is 0 Å². The molecule has 0 aromatic heterocycles. The first-order valence-corrected chi connectivity index (χ1v) is 8.09. The molecule has 1 aromatic carbocycles. The number of allylic oxidation sites excluding steroid dienone is 1. The van der Waals surface area contributed by atoms with E-state index in [0.717, 1.165) is 23.2 Å². The number of benzene rings is 1. The summed E-state index contributed by atoms with van der Waals surface area (Å²) in [5.41, 5.74) is 1.46. The molecule has 0 bridgehead atoms. The van der Waals surface area contributed by atoms with E-state index in [1.807, 2.05) is 0 Å². The smallest absolute Gasteiger partial charge is 0.327 e. The summed E-state index contributed by atoms with van der Waals surface area (Å²) in [4.78, 5) is 10.4. The summed E-state index contributed by atoms with van der Waals surface area (Å²) >= 11 is 3.48. The Balaban J connectivity index is 1.75. The fourth-order valence-electron chi connectivity index (χ4n) is 3.04. The van der Waals surface area contributed by atoms with Crippen LogP contribution in [0.15, 0.2) is 40.9 Å². The molecule has 20 heavy (non-hydrogen) atoms. The van der Waals surface area contributed by atoms with E-state index in [0.29, 0.717) is 5.92 Å². The minimum absolute atomic E-state index is 0.703. The van der Waals surface area contributed by atoms with E-state index in [4.69, 9.17) is 5.11 Å². The van der Waals surface area contributed by atoms with Crippen molar-refractivity contribution in [2.24, 2.45) is 5.92 Å². The molecule has 0 heterocycles. The second-order valence-electron chi connectivity index (χ2n) is 5.59. The fraction of sp³-hybridized carbons (Fsp3) is 0.471. The monoisotopic (exact) mass is 336 g/mol. The number of aliphatic carboxylic acids is 1. The van der Waals surface area contributed by atoms with Crippen LogP contribution in [0, 0.1) is 5.92 Å². The molecule has 0 aliphatic heterocycles. The van der Waals surface area contributed by atoms with Crippen LogP contribution in [-0.4, -0.2) is 11.1 Å². The minimum Gasteiger partial charge on any atom is -0.478 e. The molecular formula is C17H21BrO2. The highest BCUT2D eigenvalue weighted by atomic mass is 79.9. The van der Waals surface area contributed by atoms with E-state index in [2.05, 4.69) is 40.2 Å². The molecule has 1 N–H and O–H groups in total. The zero-order chi connectivity index (χ0) is 14.4. The highest BCUT2D eigenvalue weighted by molar-refractivity contribution is 9.10. The van der Waals surface area contributed by atoms with Crippen molar-refractivity contribution in [3.8, 4) is 0 Å². The maximum atomic E-state index is 10.4. The van der Waals surface area contributed by atoms with Gasteiger partial charge in [-0.05, 0) is 68.1 Å². The number of carboxylic acids is 1. The van der Waals surface area contributed by atoms with Crippen LogP contribution in [0.1, 0.15) is 50.0 Å². The third-order valence-electron chi connectivity index (χ3n) is 4.19. The molecule has 0 atom stereocenters. The molecule has 0 radical (unpaired) electrons. The van der Waals surface area contributed by atoms with Crippen molar-refractivity contribution in [1.29, 1.82) is 0 Å². The van der Waals surface area contributed by atoms with Crippen molar-refractivity contribution in [1.82, 2.24) is 0 Å². The van der Waals surface area contributed by atoms with Crippen LogP contribution in [0.4, 0.5) is 0 Å². The number of hydrogen-bond acceptors (Lipinski definition) is 1. The average Bonchev–Trinajstić information content (AvgIpc) is 2.45. The summed E-state index contributed by atoms with van der Waals surface area (Å²) in [7, 11) is 0. The third-order valence-corrected chi connectivity index (χ3v) is 4.72. The Kier molecular flexibility index (Phi) is 5.84. The predicted molar refractivity (Wildman–Crippen MR) is 84.9 cm³/mol.